The van der Waals surface area contributed by atoms with Crippen LogP contribution in [0.3, 0.4) is 0 Å². The Morgan fingerprint density at radius 3 is 2.56 bits per heavy atom. The Morgan fingerprint density at radius 2 is 1.90 bits per heavy atom. The normalized spacial score (nSPS) is 26.7. The summed E-state index contributed by atoms with van der Waals surface area (Å²) < 4.78 is 39.1. The number of anilines is 2. The molecule has 5 heterocycles. The summed E-state index contributed by atoms with van der Waals surface area (Å²) in [6.07, 6.45) is 0.0847. The first kappa shape index (κ1) is 25.5. The number of imide groups is 1. The van der Waals surface area contributed by atoms with Crippen LogP contribution < -0.4 is 10.2 Å². The van der Waals surface area contributed by atoms with Gasteiger partial charge in [-0.1, -0.05) is 0 Å². The van der Waals surface area contributed by atoms with Crippen LogP contribution in [0.25, 0.3) is 10.6 Å². The molecule has 0 radical (unpaired) electrons. The summed E-state index contributed by atoms with van der Waals surface area (Å²) in [6, 6.07) is -3.36. The molecule has 16 heteroatoms. The second kappa shape index (κ2) is 9.14. The summed E-state index contributed by atoms with van der Waals surface area (Å²) in [5, 5.41) is 4.92. The summed E-state index contributed by atoms with van der Waals surface area (Å²) in [7, 11) is 1.27. The van der Waals surface area contributed by atoms with E-state index in [0.717, 1.165) is 29.8 Å². The molecule has 2 saturated heterocycles. The first-order chi connectivity index (χ1) is 18.5. The Kier molecular flexibility index (Phi) is 5.96. The first-order valence-electron chi connectivity index (χ1n) is 12.3. The van der Waals surface area contributed by atoms with Gasteiger partial charge in [0.2, 0.25) is 11.9 Å². The SMILES string of the molecule is C[C@@H](C(=O)Nc1csc(-c2cnc(N3CC4CC4C3)nc2)n1)N1C=NC2C1C(=O)N(CC(F)(F)F)C(=O)N2C. The summed E-state index contributed by atoms with van der Waals surface area (Å²) in [4.78, 5) is 60.4. The molecular weight excluding hydrogens is 539 g/mol. The van der Waals surface area contributed by atoms with Crippen molar-refractivity contribution in [2.45, 2.75) is 37.8 Å². The van der Waals surface area contributed by atoms with Gasteiger partial charge in [0.1, 0.15) is 23.4 Å². The van der Waals surface area contributed by atoms with Gasteiger partial charge in [0.25, 0.3) is 5.91 Å². The maximum atomic E-state index is 13.0. The molecule has 5 atom stereocenters. The predicted molar refractivity (Wildman–Crippen MR) is 134 cm³/mol. The van der Waals surface area contributed by atoms with Crippen molar-refractivity contribution in [2.24, 2.45) is 16.8 Å². The number of carbonyl (C=O) groups is 3. The Bertz CT molecular complexity index is 1340. The second-order valence-electron chi connectivity index (χ2n) is 10.1. The molecule has 0 spiro atoms. The maximum absolute atomic E-state index is 13.0. The zero-order valence-electron chi connectivity index (χ0n) is 20.9. The number of urea groups is 1. The summed E-state index contributed by atoms with van der Waals surface area (Å²) in [6.45, 7) is 1.73. The average molecular weight is 564 g/mol. The standard InChI is InChI=1S/C23H24F3N9O3S/c1-11(35-10-29-17-16(35)20(37)34(9-23(24,25)26)22(38)32(17)2)18(36)30-15-8-39-19(31-15)14-4-27-21(28-5-14)33-6-12-3-13(12)7-33/h4-5,8,10-13,16-17H,3,6-7,9H2,1-2H3,(H,30,36)/t11-,12?,13?,16?,17?/m0/s1. The fourth-order valence-corrected chi connectivity index (χ4v) is 5.96. The van der Waals surface area contributed by atoms with Gasteiger partial charge in [0.15, 0.2) is 12.2 Å². The number of aliphatic imine (C=N–C) groups is 1. The molecule has 3 fully saturated rings. The highest BCUT2D eigenvalue weighted by atomic mass is 32.1. The lowest BCUT2D eigenvalue weighted by molar-refractivity contribution is -0.163. The number of amides is 4. The van der Waals surface area contributed by atoms with E-state index in [2.05, 4.69) is 30.2 Å². The van der Waals surface area contributed by atoms with Crippen molar-refractivity contribution in [1.82, 2.24) is 29.7 Å². The van der Waals surface area contributed by atoms with Crippen molar-refractivity contribution in [3.63, 3.8) is 0 Å². The molecule has 4 aliphatic rings. The van der Waals surface area contributed by atoms with Crippen LogP contribution in [0, 0.1) is 11.8 Å². The predicted octanol–water partition coefficient (Wildman–Crippen LogP) is 1.88. The number of likely N-dealkylation sites (N-methyl/N-ethyl adjacent to an activating group) is 1. The number of nitrogens with one attached hydrogen (secondary N) is 1. The Morgan fingerprint density at radius 1 is 1.21 bits per heavy atom. The minimum absolute atomic E-state index is 0.139. The fourth-order valence-electron chi connectivity index (χ4n) is 5.23. The van der Waals surface area contributed by atoms with Crippen molar-refractivity contribution < 1.29 is 27.6 Å². The molecule has 6 rings (SSSR count). The molecular formula is C23H24F3N9O3S. The van der Waals surface area contributed by atoms with E-state index in [1.165, 1.54) is 43.0 Å². The largest absolute Gasteiger partial charge is 0.406 e. The third-order valence-electron chi connectivity index (χ3n) is 7.47. The minimum Gasteiger partial charge on any atom is -0.340 e. The fraction of sp³-hybridized carbons (Fsp3) is 0.522. The van der Waals surface area contributed by atoms with E-state index in [9.17, 15) is 27.6 Å². The number of aromatic nitrogens is 3. The lowest BCUT2D eigenvalue weighted by Gasteiger charge is -2.42. The van der Waals surface area contributed by atoms with E-state index in [0.29, 0.717) is 16.5 Å². The zero-order chi connectivity index (χ0) is 27.6. The topological polar surface area (TPSA) is 127 Å². The van der Waals surface area contributed by atoms with E-state index in [-0.39, 0.29) is 10.7 Å². The van der Waals surface area contributed by atoms with Crippen LogP contribution in [0.1, 0.15) is 13.3 Å². The number of nitrogens with zero attached hydrogens (tertiary/aromatic N) is 8. The van der Waals surface area contributed by atoms with Gasteiger partial charge in [0, 0.05) is 43.5 Å². The van der Waals surface area contributed by atoms with Gasteiger partial charge in [-0.2, -0.15) is 13.2 Å². The third-order valence-corrected chi connectivity index (χ3v) is 8.36. The van der Waals surface area contributed by atoms with Gasteiger partial charge in [-0.15, -0.1) is 11.3 Å². The van der Waals surface area contributed by atoms with E-state index in [4.69, 9.17) is 0 Å². The molecule has 1 saturated carbocycles. The highest BCUT2D eigenvalue weighted by Gasteiger charge is 2.53. The monoisotopic (exact) mass is 563 g/mol. The van der Waals surface area contributed by atoms with E-state index in [1.54, 1.807) is 17.8 Å². The number of hydrogen-bond donors (Lipinski definition) is 1. The molecule has 1 aliphatic carbocycles. The van der Waals surface area contributed by atoms with Gasteiger partial charge in [0.05, 0.1) is 6.34 Å². The molecule has 1 N–H and O–H groups in total. The van der Waals surface area contributed by atoms with E-state index < -0.39 is 48.8 Å². The van der Waals surface area contributed by atoms with Crippen LogP contribution in [0.5, 0.6) is 0 Å². The third kappa shape index (κ3) is 4.66. The van der Waals surface area contributed by atoms with Crippen LogP contribution in [-0.4, -0.2) is 105 Å². The lowest BCUT2D eigenvalue weighted by atomic mass is 10.1. The number of thiazole rings is 1. The molecule has 0 aromatic carbocycles. The second-order valence-corrected chi connectivity index (χ2v) is 11.0. The number of halogens is 3. The molecule has 3 aliphatic heterocycles. The van der Waals surface area contributed by atoms with Crippen molar-refractivity contribution in [1.29, 1.82) is 0 Å². The molecule has 12 nitrogen and oxygen atoms in total. The number of alkyl halides is 3. The van der Waals surface area contributed by atoms with E-state index >= 15 is 0 Å². The van der Waals surface area contributed by atoms with Crippen molar-refractivity contribution in [2.75, 3.05) is 36.9 Å². The van der Waals surface area contributed by atoms with Crippen molar-refractivity contribution in [3.8, 4) is 10.6 Å². The van der Waals surface area contributed by atoms with Gasteiger partial charge in [-0.3, -0.25) is 14.5 Å². The highest BCUT2D eigenvalue weighted by Crippen LogP contribution is 2.45. The van der Waals surface area contributed by atoms with E-state index in [1.807, 2.05) is 0 Å². The summed E-state index contributed by atoms with van der Waals surface area (Å²) in [5.41, 5.74) is 0.696. The number of carbonyl (C=O) groups excluding carboxylic acids is 3. The van der Waals surface area contributed by atoms with Gasteiger partial charge >= 0.3 is 12.2 Å². The minimum atomic E-state index is -4.77. The molecule has 2 aromatic rings. The number of hydrogen-bond acceptors (Lipinski definition) is 10. The lowest BCUT2D eigenvalue weighted by Crippen LogP contribution is -2.67. The van der Waals surface area contributed by atoms with Crippen LogP contribution in [0.15, 0.2) is 22.8 Å². The molecule has 4 unspecified atom stereocenters. The maximum Gasteiger partial charge on any atom is 0.406 e. The highest BCUT2D eigenvalue weighted by molar-refractivity contribution is 7.13. The molecule has 4 amide bonds. The molecule has 2 aromatic heterocycles. The number of rotatable bonds is 6. The molecule has 0 bridgehead atoms. The van der Waals surface area contributed by atoms with Crippen molar-refractivity contribution >= 4 is 47.3 Å². The Balaban J connectivity index is 1.11. The van der Waals surface area contributed by atoms with Crippen molar-refractivity contribution in [3.05, 3.63) is 17.8 Å². The quantitative estimate of drug-likeness (QED) is 0.565. The zero-order valence-corrected chi connectivity index (χ0v) is 21.7. The van der Waals surface area contributed by atoms with Crippen LogP contribution in [-0.2, 0) is 9.59 Å². The smallest absolute Gasteiger partial charge is 0.340 e. The molecule has 39 heavy (non-hydrogen) atoms. The number of fused-ring (bicyclic) bond motifs is 2. The summed E-state index contributed by atoms with van der Waals surface area (Å²) >= 11 is 1.29. The Hall–Kier alpha value is -3.82. The van der Waals surface area contributed by atoms with Crippen LogP contribution in [0.2, 0.25) is 0 Å². The summed E-state index contributed by atoms with van der Waals surface area (Å²) in [5.74, 6) is 0.864. The number of piperidine rings is 1. The van der Waals surface area contributed by atoms with Gasteiger partial charge in [-0.05, 0) is 25.2 Å². The Labute approximate surface area is 224 Å². The van der Waals surface area contributed by atoms with Gasteiger partial charge in [-0.25, -0.2) is 24.7 Å². The average Bonchev–Trinajstić information content (AvgIpc) is 3.29. The van der Waals surface area contributed by atoms with Crippen LogP contribution in [0.4, 0.5) is 29.7 Å². The molecule has 206 valence electrons. The van der Waals surface area contributed by atoms with Crippen LogP contribution >= 0.6 is 11.3 Å². The van der Waals surface area contributed by atoms with Gasteiger partial charge < -0.3 is 20.0 Å². The first-order valence-corrected chi connectivity index (χ1v) is 13.2.